The minimum atomic E-state index is -4.14. The van der Waals surface area contributed by atoms with Gasteiger partial charge < -0.3 is 5.11 Å². The summed E-state index contributed by atoms with van der Waals surface area (Å²) in [6, 6.07) is 20.3. The van der Waals surface area contributed by atoms with E-state index < -0.39 is 27.5 Å². The van der Waals surface area contributed by atoms with Crippen LogP contribution in [0.4, 0.5) is 5.69 Å². The number of carbonyl (C=O) groups is 1. The van der Waals surface area contributed by atoms with Crippen LogP contribution >= 0.6 is 0 Å². The van der Waals surface area contributed by atoms with E-state index in [-0.39, 0.29) is 9.80 Å². The van der Waals surface area contributed by atoms with Crippen LogP contribution in [0.15, 0.2) is 88.4 Å². The Kier molecular flexibility index (Phi) is 6.13. The van der Waals surface area contributed by atoms with Crippen molar-refractivity contribution >= 4 is 21.4 Å². The van der Waals surface area contributed by atoms with Gasteiger partial charge in [0, 0.05) is 5.69 Å². The minimum Gasteiger partial charge on any atom is -0.502 e. The summed E-state index contributed by atoms with van der Waals surface area (Å²) in [7, 11) is -4.14. The molecule has 1 aliphatic rings. The molecule has 0 saturated heterocycles. The summed E-state index contributed by atoms with van der Waals surface area (Å²) in [4.78, 5) is 14.4. The normalized spacial score (nSPS) is 16.5. The fourth-order valence-electron chi connectivity index (χ4n) is 4.10. The number of amides is 1. The molecule has 33 heavy (non-hydrogen) atoms. The molecule has 0 spiro atoms. The number of hydrogen-bond acceptors (Lipinski definition) is 4. The summed E-state index contributed by atoms with van der Waals surface area (Å²) in [5.74, 6) is -1.46. The van der Waals surface area contributed by atoms with E-state index in [1.54, 1.807) is 24.3 Å². The molecule has 1 amide bonds. The highest BCUT2D eigenvalue weighted by atomic mass is 32.2. The quantitative estimate of drug-likeness (QED) is 0.530. The Bertz CT molecular complexity index is 1310. The van der Waals surface area contributed by atoms with E-state index in [1.165, 1.54) is 17.0 Å². The standard InChI is InChI=1S/C27H27NO4S/c1-4-19-8-12-21(13-9-19)24-26(33(31,32)23-16-6-18(3)7-17-23)25(29)27(30)28(24)22-14-10-20(5-2)11-15-22/h6-17,24,29H,4-5H2,1-3H3/t24-/m0/s1. The van der Waals surface area contributed by atoms with Crippen molar-refractivity contribution in [2.75, 3.05) is 4.90 Å². The summed E-state index contributed by atoms with van der Waals surface area (Å²) >= 11 is 0. The highest BCUT2D eigenvalue weighted by Gasteiger charge is 2.47. The molecule has 1 aliphatic heterocycles. The molecule has 1 heterocycles. The van der Waals surface area contributed by atoms with Gasteiger partial charge in [0.05, 0.1) is 4.90 Å². The van der Waals surface area contributed by atoms with Crippen molar-refractivity contribution in [2.45, 2.75) is 44.6 Å². The van der Waals surface area contributed by atoms with Crippen molar-refractivity contribution in [3.8, 4) is 0 Å². The third kappa shape index (κ3) is 4.07. The summed E-state index contributed by atoms with van der Waals surface area (Å²) < 4.78 is 27.4. The Hall–Kier alpha value is -3.38. The van der Waals surface area contributed by atoms with Gasteiger partial charge in [0.1, 0.15) is 10.9 Å². The van der Waals surface area contributed by atoms with Crippen LogP contribution in [-0.4, -0.2) is 19.4 Å². The molecule has 1 atom stereocenters. The highest BCUT2D eigenvalue weighted by Crippen LogP contribution is 2.44. The molecule has 0 aliphatic carbocycles. The molecular formula is C27H27NO4S. The van der Waals surface area contributed by atoms with Crippen LogP contribution in [0.5, 0.6) is 0 Å². The Morgan fingerprint density at radius 2 is 1.33 bits per heavy atom. The first-order valence-corrected chi connectivity index (χ1v) is 12.5. The largest absolute Gasteiger partial charge is 0.502 e. The maximum atomic E-state index is 13.7. The zero-order valence-corrected chi connectivity index (χ0v) is 19.8. The fourth-order valence-corrected chi connectivity index (χ4v) is 5.72. The van der Waals surface area contributed by atoms with E-state index in [4.69, 9.17) is 0 Å². The average molecular weight is 462 g/mol. The molecule has 6 heteroatoms. The van der Waals surface area contributed by atoms with Crippen molar-refractivity contribution in [1.82, 2.24) is 0 Å². The summed E-state index contributed by atoms with van der Waals surface area (Å²) in [6.07, 6.45) is 1.67. The molecule has 3 aromatic carbocycles. The number of aliphatic hydroxyl groups is 1. The maximum Gasteiger partial charge on any atom is 0.295 e. The molecule has 0 aromatic heterocycles. The Balaban J connectivity index is 1.90. The molecule has 4 rings (SSSR count). The molecule has 1 N–H and O–H groups in total. The molecule has 0 fully saturated rings. The van der Waals surface area contributed by atoms with Crippen molar-refractivity contribution < 1.29 is 18.3 Å². The third-order valence-electron chi connectivity index (χ3n) is 6.11. The first-order valence-electron chi connectivity index (χ1n) is 11.0. The van der Waals surface area contributed by atoms with Gasteiger partial charge >= 0.3 is 0 Å². The van der Waals surface area contributed by atoms with Gasteiger partial charge in [-0.3, -0.25) is 9.69 Å². The van der Waals surface area contributed by atoms with Crippen LogP contribution < -0.4 is 4.90 Å². The van der Waals surface area contributed by atoms with E-state index in [9.17, 15) is 18.3 Å². The predicted octanol–water partition coefficient (Wildman–Crippen LogP) is 5.45. The van der Waals surface area contributed by atoms with Crippen LogP contribution in [-0.2, 0) is 27.5 Å². The predicted molar refractivity (Wildman–Crippen MR) is 130 cm³/mol. The van der Waals surface area contributed by atoms with Gasteiger partial charge in [-0.15, -0.1) is 0 Å². The second kappa shape index (κ2) is 8.87. The zero-order chi connectivity index (χ0) is 23.8. The molecule has 0 saturated carbocycles. The van der Waals surface area contributed by atoms with E-state index in [0.717, 1.165) is 29.5 Å². The van der Waals surface area contributed by atoms with Gasteiger partial charge in [-0.05, 0) is 60.7 Å². The lowest BCUT2D eigenvalue weighted by Gasteiger charge is -2.27. The van der Waals surface area contributed by atoms with Crippen molar-refractivity contribution in [3.05, 3.63) is 106 Å². The number of benzene rings is 3. The van der Waals surface area contributed by atoms with Crippen molar-refractivity contribution in [2.24, 2.45) is 0 Å². The van der Waals surface area contributed by atoms with Gasteiger partial charge in [0.15, 0.2) is 5.76 Å². The number of hydrogen-bond donors (Lipinski definition) is 1. The van der Waals surface area contributed by atoms with Crippen LogP contribution in [0.3, 0.4) is 0 Å². The molecule has 0 bridgehead atoms. The molecule has 5 nitrogen and oxygen atoms in total. The molecule has 0 radical (unpaired) electrons. The summed E-state index contributed by atoms with van der Waals surface area (Å²) in [6.45, 7) is 5.94. The van der Waals surface area contributed by atoms with Gasteiger partial charge in [-0.2, -0.15) is 0 Å². The van der Waals surface area contributed by atoms with E-state index in [0.29, 0.717) is 11.3 Å². The second-order valence-electron chi connectivity index (χ2n) is 8.22. The van der Waals surface area contributed by atoms with Crippen molar-refractivity contribution in [1.29, 1.82) is 0 Å². The monoisotopic (exact) mass is 461 g/mol. The molecule has 0 unspecified atom stereocenters. The lowest BCUT2D eigenvalue weighted by Crippen LogP contribution is -2.31. The number of sulfone groups is 1. The topological polar surface area (TPSA) is 74.7 Å². The number of aryl methyl sites for hydroxylation is 3. The Morgan fingerprint density at radius 1 is 0.818 bits per heavy atom. The number of nitrogens with zero attached hydrogens (tertiary/aromatic N) is 1. The zero-order valence-electron chi connectivity index (χ0n) is 18.9. The smallest absolute Gasteiger partial charge is 0.295 e. The molecule has 170 valence electrons. The van der Waals surface area contributed by atoms with Gasteiger partial charge in [-0.1, -0.05) is 67.9 Å². The average Bonchev–Trinajstić information content (AvgIpc) is 3.10. The molecular weight excluding hydrogens is 434 g/mol. The highest BCUT2D eigenvalue weighted by molar-refractivity contribution is 7.95. The van der Waals surface area contributed by atoms with Crippen molar-refractivity contribution in [3.63, 3.8) is 0 Å². The number of carbonyl (C=O) groups excluding carboxylic acids is 1. The first-order chi connectivity index (χ1) is 15.8. The number of rotatable bonds is 6. The van der Waals surface area contributed by atoms with E-state index >= 15 is 0 Å². The third-order valence-corrected chi connectivity index (χ3v) is 8.00. The van der Waals surface area contributed by atoms with Crippen LogP contribution in [0.25, 0.3) is 0 Å². The van der Waals surface area contributed by atoms with Gasteiger partial charge in [-0.25, -0.2) is 8.42 Å². The van der Waals surface area contributed by atoms with E-state index in [2.05, 4.69) is 0 Å². The lowest BCUT2D eigenvalue weighted by atomic mass is 10.0. The van der Waals surface area contributed by atoms with Gasteiger partial charge in [0.2, 0.25) is 9.84 Å². The van der Waals surface area contributed by atoms with Crippen LogP contribution in [0.1, 0.15) is 42.1 Å². The second-order valence-corrected chi connectivity index (χ2v) is 10.1. The summed E-state index contributed by atoms with van der Waals surface area (Å²) in [5, 5.41) is 10.9. The maximum absolute atomic E-state index is 13.7. The molecule has 3 aromatic rings. The van der Waals surface area contributed by atoms with E-state index in [1.807, 2.05) is 57.2 Å². The Labute approximate surface area is 194 Å². The Morgan fingerprint density at radius 3 is 1.85 bits per heavy atom. The summed E-state index contributed by atoms with van der Waals surface area (Å²) in [5.41, 5.74) is 4.26. The number of anilines is 1. The van der Waals surface area contributed by atoms with Crippen LogP contribution in [0.2, 0.25) is 0 Å². The van der Waals surface area contributed by atoms with Crippen LogP contribution in [0, 0.1) is 6.92 Å². The first kappa shape index (κ1) is 22.8. The number of aliphatic hydroxyl groups excluding tert-OH is 1. The SMILES string of the molecule is CCc1ccc([C@H]2C(S(=O)(=O)c3ccc(C)cc3)=C(O)C(=O)N2c2ccc(CC)cc2)cc1. The fraction of sp³-hybridized carbons (Fsp3) is 0.222. The minimum absolute atomic E-state index is 0.0424. The van der Waals surface area contributed by atoms with Gasteiger partial charge in [0.25, 0.3) is 5.91 Å². The lowest BCUT2D eigenvalue weighted by molar-refractivity contribution is -0.117.